The summed E-state index contributed by atoms with van der Waals surface area (Å²) in [6, 6.07) is 23.6. The van der Waals surface area contributed by atoms with Crippen molar-refractivity contribution in [2.75, 3.05) is 18.9 Å². The van der Waals surface area contributed by atoms with E-state index in [9.17, 15) is 31.9 Å². The highest BCUT2D eigenvalue weighted by atomic mass is 19.2. The number of hydrogen-bond donors (Lipinski definition) is 2. The summed E-state index contributed by atoms with van der Waals surface area (Å²) in [5.41, 5.74) is 1.86. The van der Waals surface area contributed by atoms with Crippen LogP contribution >= 0.6 is 0 Å². The number of amides is 1. The Morgan fingerprint density at radius 2 is 1.42 bits per heavy atom. The van der Waals surface area contributed by atoms with Crippen LogP contribution in [0.25, 0.3) is 0 Å². The zero-order chi connectivity index (χ0) is 32.2. The van der Waals surface area contributed by atoms with Crippen molar-refractivity contribution in [1.82, 2.24) is 4.90 Å². The molecular formula is C34H31F5N2O4. The number of rotatable bonds is 9. The Balaban J connectivity index is 1.35. The number of likely N-dealkylation sites (N-methyl/N-ethyl adjacent to an activating group) is 1. The molecule has 4 aromatic rings. The van der Waals surface area contributed by atoms with Crippen LogP contribution in [0.3, 0.4) is 0 Å². The van der Waals surface area contributed by atoms with Crippen LogP contribution in [0.2, 0.25) is 0 Å². The van der Waals surface area contributed by atoms with E-state index < -0.39 is 46.8 Å². The highest BCUT2D eigenvalue weighted by molar-refractivity contribution is 6.04. The van der Waals surface area contributed by atoms with E-state index in [0.717, 1.165) is 16.7 Å². The van der Waals surface area contributed by atoms with E-state index in [0.29, 0.717) is 18.5 Å². The Hall–Kier alpha value is -4.16. The maximum absolute atomic E-state index is 14.1. The van der Waals surface area contributed by atoms with E-state index in [-0.39, 0.29) is 30.5 Å². The van der Waals surface area contributed by atoms with Crippen LogP contribution in [0.1, 0.15) is 64.4 Å². The van der Waals surface area contributed by atoms with Gasteiger partial charge in [0.25, 0.3) is 5.91 Å². The van der Waals surface area contributed by atoms with Crippen LogP contribution in [0.5, 0.6) is 0 Å². The molecule has 1 aliphatic rings. The summed E-state index contributed by atoms with van der Waals surface area (Å²) < 4.78 is 81.6. The number of halogens is 5. The molecule has 1 saturated heterocycles. The number of nitrogens with zero attached hydrogens (tertiary/aromatic N) is 1. The first-order valence-corrected chi connectivity index (χ1v) is 14.3. The number of carbonyl (C=O) groups is 1. The SMILES string of the molecule is C[C@@H](c1ccccc1)N(C)C[C@H]1C[C@@H](c2ccc(CO)cc2)O[C@@H](c2ccc(NC(=O)c3c(F)c(F)c(F)c(F)c3F)cc2)O1. The normalized spacial score (nSPS) is 19.0. The molecule has 4 aromatic carbocycles. The summed E-state index contributed by atoms with van der Waals surface area (Å²) in [4.78, 5) is 14.7. The molecule has 0 aliphatic carbocycles. The van der Waals surface area contributed by atoms with Gasteiger partial charge in [0.2, 0.25) is 5.82 Å². The summed E-state index contributed by atoms with van der Waals surface area (Å²) in [5, 5.41) is 11.6. The molecule has 0 unspecified atom stereocenters. The zero-order valence-corrected chi connectivity index (χ0v) is 24.4. The van der Waals surface area contributed by atoms with E-state index >= 15 is 0 Å². The van der Waals surface area contributed by atoms with E-state index in [2.05, 4.69) is 29.3 Å². The maximum atomic E-state index is 14.1. The van der Waals surface area contributed by atoms with Crippen LogP contribution in [0, 0.1) is 29.1 Å². The minimum absolute atomic E-state index is 0.0487. The van der Waals surface area contributed by atoms with Gasteiger partial charge in [-0.2, -0.15) is 0 Å². The first-order chi connectivity index (χ1) is 21.6. The number of carbonyl (C=O) groups excluding carboxylic acids is 1. The second-order valence-electron chi connectivity index (χ2n) is 10.9. The van der Waals surface area contributed by atoms with Crippen molar-refractivity contribution >= 4 is 11.6 Å². The van der Waals surface area contributed by atoms with Gasteiger partial charge < -0.3 is 19.9 Å². The minimum atomic E-state index is -2.35. The molecule has 0 spiro atoms. The smallest absolute Gasteiger partial charge is 0.261 e. The molecule has 0 aromatic heterocycles. The Bertz CT molecular complexity index is 1610. The molecule has 0 bridgehead atoms. The van der Waals surface area contributed by atoms with E-state index in [1.54, 1.807) is 12.1 Å². The molecule has 6 nitrogen and oxygen atoms in total. The van der Waals surface area contributed by atoms with Gasteiger partial charge in [0, 0.05) is 30.3 Å². The Morgan fingerprint density at radius 3 is 2.02 bits per heavy atom. The topological polar surface area (TPSA) is 71.0 Å². The predicted molar refractivity (Wildman–Crippen MR) is 157 cm³/mol. The number of aliphatic hydroxyl groups excluding tert-OH is 1. The molecule has 5 rings (SSSR count). The molecule has 4 atom stereocenters. The molecule has 1 aliphatic heterocycles. The largest absolute Gasteiger partial charge is 0.392 e. The predicted octanol–water partition coefficient (Wildman–Crippen LogP) is 7.37. The molecule has 0 saturated carbocycles. The number of nitrogens with one attached hydrogen (secondary N) is 1. The quantitative estimate of drug-likeness (QED) is 0.115. The van der Waals surface area contributed by atoms with Gasteiger partial charge in [-0.05, 0) is 42.8 Å². The van der Waals surface area contributed by atoms with E-state index in [1.807, 2.05) is 49.5 Å². The Labute approximate surface area is 257 Å². The van der Waals surface area contributed by atoms with Gasteiger partial charge in [0.15, 0.2) is 29.6 Å². The summed E-state index contributed by atoms with van der Waals surface area (Å²) in [6.07, 6.45) is -0.880. The number of hydrogen-bond acceptors (Lipinski definition) is 5. The van der Waals surface area contributed by atoms with Crippen molar-refractivity contribution in [2.45, 2.75) is 44.5 Å². The highest BCUT2D eigenvalue weighted by Gasteiger charge is 2.34. The number of ether oxygens (including phenoxy) is 2. The molecular weight excluding hydrogens is 595 g/mol. The van der Waals surface area contributed by atoms with Crippen molar-refractivity contribution in [3.8, 4) is 0 Å². The highest BCUT2D eigenvalue weighted by Crippen LogP contribution is 2.39. The second kappa shape index (κ2) is 13.9. The molecule has 0 radical (unpaired) electrons. The molecule has 45 heavy (non-hydrogen) atoms. The summed E-state index contributed by atoms with van der Waals surface area (Å²) in [7, 11) is 2.01. The van der Waals surface area contributed by atoms with Crippen LogP contribution < -0.4 is 5.32 Å². The molecule has 1 heterocycles. The third kappa shape index (κ3) is 7.07. The first kappa shape index (κ1) is 32.2. The van der Waals surface area contributed by atoms with E-state index in [1.165, 1.54) is 12.1 Å². The second-order valence-corrected chi connectivity index (χ2v) is 10.9. The van der Waals surface area contributed by atoms with Crippen molar-refractivity contribution in [3.63, 3.8) is 0 Å². The Kier molecular flexibility index (Phi) is 9.93. The van der Waals surface area contributed by atoms with Crippen LogP contribution in [-0.4, -0.2) is 35.6 Å². The lowest BCUT2D eigenvalue weighted by atomic mass is 9.99. The van der Waals surface area contributed by atoms with Gasteiger partial charge in [-0.1, -0.05) is 66.7 Å². The van der Waals surface area contributed by atoms with E-state index in [4.69, 9.17) is 9.47 Å². The first-order valence-electron chi connectivity index (χ1n) is 14.3. The molecule has 236 valence electrons. The van der Waals surface area contributed by atoms with Crippen LogP contribution in [0.15, 0.2) is 78.9 Å². The lowest BCUT2D eigenvalue weighted by molar-refractivity contribution is -0.253. The fraction of sp³-hybridized carbons (Fsp3) is 0.265. The van der Waals surface area contributed by atoms with Gasteiger partial charge in [-0.15, -0.1) is 0 Å². The fourth-order valence-corrected chi connectivity index (χ4v) is 5.22. The van der Waals surface area contributed by atoms with Crippen molar-refractivity contribution in [2.24, 2.45) is 0 Å². The van der Waals surface area contributed by atoms with Gasteiger partial charge in [-0.25, -0.2) is 22.0 Å². The summed E-state index contributed by atoms with van der Waals surface area (Å²) in [5.74, 6) is -12.7. The van der Waals surface area contributed by atoms with Gasteiger partial charge in [-0.3, -0.25) is 9.69 Å². The lowest BCUT2D eigenvalue weighted by Gasteiger charge is -2.39. The van der Waals surface area contributed by atoms with Crippen molar-refractivity contribution in [3.05, 3.63) is 136 Å². The molecule has 1 amide bonds. The standard InChI is InChI=1S/C34H31F5N2O4/c1-19(21-6-4-3-5-7-21)41(2)17-25-16-26(22-10-8-20(18-42)9-11-22)45-34(44-25)23-12-14-24(15-13-23)40-33(43)27-28(35)30(37)32(39)31(38)29(27)36/h3-15,19,25-26,34,42H,16-18H2,1-2H3,(H,40,43)/t19-,25+,26-,34-/m0/s1. The number of anilines is 1. The lowest BCUT2D eigenvalue weighted by Crippen LogP contribution is -2.38. The maximum Gasteiger partial charge on any atom is 0.261 e. The van der Waals surface area contributed by atoms with Crippen molar-refractivity contribution < 1.29 is 41.3 Å². The van der Waals surface area contributed by atoms with Gasteiger partial charge in [0.1, 0.15) is 5.56 Å². The monoisotopic (exact) mass is 626 g/mol. The number of aliphatic hydroxyl groups is 1. The molecule has 2 N–H and O–H groups in total. The zero-order valence-electron chi connectivity index (χ0n) is 24.4. The molecule has 1 fully saturated rings. The van der Waals surface area contributed by atoms with Crippen molar-refractivity contribution in [1.29, 1.82) is 0 Å². The van der Waals surface area contributed by atoms with Crippen LogP contribution in [-0.2, 0) is 16.1 Å². The fourth-order valence-electron chi connectivity index (χ4n) is 5.22. The van der Waals surface area contributed by atoms with Crippen LogP contribution in [0.4, 0.5) is 27.6 Å². The summed E-state index contributed by atoms with van der Waals surface area (Å²) >= 11 is 0. The molecule has 11 heteroatoms. The average Bonchev–Trinajstić information content (AvgIpc) is 3.06. The van der Waals surface area contributed by atoms with Gasteiger partial charge in [0.05, 0.1) is 18.8 Å². The third-order valence-electron chi connectivity index (χ3n) is 7.93. The average molecular weight is 627 g/mol. The van der Waals surface area contributed by atoms with Gasteiger partial charge >= 0.3 is 0 Å². The Morgan fingerprint density at radius 1 is 0.844 bits per heavy atom. The summed E-state index contributed by atoms with van der Waals surface area (Å²) in [6.45, 7) is 2.60. The minimum Gasteiger partial charge on any atom is -0.392 e. The third-order valence-corrected chi connectivity index (χ3v) is 7.93. The number of benzene rings is 4.